The van der Waals surface area contributed by atoms with Crippen LogP contribution < -0.4 is 0 Å². The Morgan fingerprint density at radius 1 is 0.739 bits per heavy atom. The summed E-state index contributed by atoms with van der Waals surface area (Å²) < 4.78 is 5.01. The Morgan fingerprint density at radius 2 is 1.30 bits per heavy atom. The molecule has 0 bridgehead atoms. The second-order valence-electron chi connectivity index (χ2n) is 5.51. The zero-order valence-corrected chi connectivity index (χ0v) is 12.1. The molecule has 1 fully saturated rings. The van der Waals surface area contributed by atoms with Crippen molar-refractivity contribution in [2.24, 2.45) is 0 Å². The van der Waals surface area contributed by atoms with Gasteiger partial charge in [0.25, 0.3) is 0 Å². The van der Waals surface area contributed by atoms with Crippen LogP contribution in [-0.4, -0.2) is 125 Å². The van der Waals surface area contributed by atoms with Crippen molar-refractivity contribution < 1.29 is 55.8 Å². The molecule has 138 valence electrons. The molecule has 0 aromatic heterocycles. The van der Waals surface area contributed by atoms with Crippen LogP contribution in [0, 0.1) is 0 Å². The zero-order valence-electron chi connectivity index (χ0n) is 12.1. The van der Waals surface area contributed by atoms with E-state index in [0.717, 1.165) is 0 Å². The Kier molecular flexibility index (Phi) is 7.70. The van der Waals surface area contributed by atoms with Gasteiger partial charge in [0, 0.05) is 0 Å². The van der Waals surface area contributed by atoms with E-state index in [9.17, 15) is 40.9 Å². The van der Waals surface area contributed by atoms with Gasteiger partial charge in [0.2, 0.25) is 0 Å². The van der Waals surface area contributed by atoms with E-state index in [1.807, 2.05) is 0 Å². The van der Waals surface area contributed by atoms with E-state index in [2.05, 4.69) is 0 Å². The molecular weight excluding hydrogens is 320 g/mol. The Balaban J connectivity index is 2.83. The minimum atomic E-state index is -2.13. The first-order valence-corrected chi connectivity index (χ1v) is 6.99. The molecule has 0 aromatic rings. The fourth-order valence-corrected chi connectivity index (χ4v) is 2.35. The van der Waals surface area contributed by atoms with Gasteiger partial charge in [-0.3, -0.25) is 0 Å². The minimum Gasteiger partial charge on any atom is -0.394 e. The van der Waals surface area contributed by atoms with Gasteiger partial charge in [-0.25, -0.2) is 0 Å². The maximum atomic E-state index is 9.98. The average Bonchev–Trinajstić information content (AvgIpc) is 2.56. The summed E-state index contributed by atoms with van der Waals surface area (Å²) in [5, 5.41) is 94.9. The lowest BCUT2D eigenvalue weighted by Gasteiger charge is -2.43. The van der Waals surface area contributed by atoms with E-state index >= 15 is 0 Å². The fraction of sp³-hybridized carbons (Fsp3) is 1.00. The van der Waals surface area contributed by atoms with Crippen LogP contribution in [0.3, 0.4) is 0 Å². The molecule has 0 amide bonds. The van der Waals surface area contributed by atoms with Gasteiger partial charge in [-0.2, -0.15) is 0 Å². The highest BCUT2D eigenvalue weighted by molar-refractivity contribution is 4.98. The third-order valence-corrected chi connectivity index (χ3v) is 3.90. The Labute approximate surface area is 131 Å². The standard InChI is InChI=1S/C12H24O11/c13-1-3(15)5(16)7(18)9(20)11(22)12-10(21)8(19)6(17)4(2-14)23-12/h3-22H,1-2H2/t3-,4-,5-,6-,7+,8+,9+,10-,11?,12?/m1/s1. The third-order valence-electron chi connectivity index (χ3n) is 3.90. The Hall–Kier alpha value is -0.440. The summed E-state index contributed by atoms with van der Waals surface area (Å²) >= 11 is 0. The molecule has 1 heterocycles. The number of rotatable bonds is 7. The molecule has 1 aliphatic heterocycles. The molecule has 0 spiro atoms. The largest absolute Gasteiger partial charge is 0.394 e. The summed E-state index contributed by atoms with van der Waals surface area (Å²) in [5.41, 5.74) is 0. The van der Waals surface area contributed by atoms with Crippen LogP contribution in [0.25, 0.3) is 0 Å². The van der Waals surface area contributed by atoms with E-state index in [4.69, 9.17) is 14.9 Å². The molecule has 1 rings (SSSR count). The zero-order chi connectivity index (χ0) is 17.9. The molecule has 0 saturated carbocycles. The van der Waals surface area contributed by atoms with Gasteiger partial charge in [0.15, 0.2) is 0 Å². The minimum absolute atomic E-state index is 0.751. The highest BCUT2D eigenvalue weighted by atomic mass is 16.6. The normalized spacial score (nSPS) is 38.6. The van der Waals surface area contributed by atoms with Crippen molar-refractivity contribution in [1.82, 2.24) is 0 Å². The molecular formula is C12H24O11. The molecule has 23 heavy (non-hydrogen) atoms. The molecule has 10 N–H and O–H groups in total. The highest BCUT2D eigenvalue weighted by Gasteiger charge is 2.49. The lowest BCUT2D eigenvalue weighted by molar-refractivity contribution is -0.264. The van der Waals surface area contributed by atoms with Crippen molar-refractivity contribution in [3.05, 3.63) is 0 Å². The smallest absolute Gasteiger partial charge is 0.115 e. The second-order valence-corrected chi connectivity index (χ2v) is 5.51. The maximum Gasteiger partial charge on any atom is 0.115 e. The summed E-state index contributed by atoms with van der Waals surface area (Å²) in [5.74, 6) is 0. The van der Waals surface area contributed by atoms with Gasteiger partial charge in [-0.1, -0.05) is 0 Å². The van der Waals surface area contributed by atoms with Crippen LogP contribution in [0.1, 0.15) is 0 Å². The van der Waals surface area contributed by atoms with Crippen LogP contribution in [0.4, 0.5) is 0 Å². The van der Waals surface area contributed by atoms with Crippen molar-refractivity contribution >= 4 is 0 Å². The Morgan fingerprint density at radius 3 is 1.78 bits per heavy atom. The molecule has 0 aromatic carbocycles. The molecule has 1 aliphatic rings. The number of hydrogen-bond acceptors (Lipinski definition) is 11. The van der Waals surface area contributed by atoms with Crippen LogP contribution in [0.15, 0.2) is 0 Å². The summed E-state index contributed by atoms with van der Waals surface area (Å²) in [4.78, 5) is 0. The van der Waals surface area contributed by atoms with Crippen molar-refractivity contribution in [3.63, 3.8) is 0 Å². The SMILES string of the molecule is OC[C@@H](O)[C@@H](O)[C@H](O)[C@H](O)C(O)C1O[C@H](CO)[C@@H](O)[C@H](O)[C@H]1O. The number of hydrogen-bond donors (Lipinski definition) is 10. The molecule has 1 saturated heterocycles. The topological polar surface area (TPSA) is 212 Å². The first kappa shape index (κ1) is 20.6. The Bertz CT molecular complexity index is 354. The lowest BCUT2D eigenvalue weighted by Crippen LogP contribution is -2.64. The second kappa shape index (κ2) is 8.60. The van der Waals surface area contributed by atoms with Crippen LogP contribution in [-0.2, 0) is 4.74 Å². The first-order valence-electron chi connectivity index (χ1n) is 6.99. The fourth-order valence-electron chi connectivity index (χ4n) is 2.35. The van der Waals surface area contributed by atoms with Crippen LogP contribution >= 0.6 is 0 Å². The average molecular weight is 344 g/mol. The summed E-state index contributed by atoms with van der Waals surface area (Å²) in [6.45, 7) is -1.67. The molecule has 0 radical (unpaired) electrons. The van der Waals surface area contributed by atoms with Crippen molar-refractivity contribution in [2.75, 3.05) is 13.2 Å². The van der Waals surface area contributed by atoms with Gasteiger partial charge in [-0.05, 0) is 0 Å². The van der Waals surface area contributed by atoms with Crippen LogP contribution in [0.5, 0.6) is 0 Å². The van der Waals surface area contributed by atoms with E-state index in [-0.39, 0.29) is 0 Å². The number of aliphatic hydroxyl groups is 10. The monoisotopic (exact) mass is 344 g/mol. The van der Waals surface area contributed by atoms with Gasteiger partial charge in [0.05, 0.1) is 13.2 Å². The van der Waals surface area contributed by atoms with Gasteiger partial charge in [-0.15, -0.1) is 0 Å². The molecule has 11 nitrogen and oxygen atoms in total. The first-order chi connectivity index (χ1) is 10.7. The third kappa shape index (κ3) is 4.35. The summed E-state index contributed by atoms with van der Waals surface area (Å²) in [6.07, 6.45) is -18.4. The lowest BCUT2D eigenvalue weighted by atomic mass is 9.88. The summed E-state index contributed by atoms with van der Waals surface area (Å²) in [6, 6.07) is 0. The maximum absolute atomic E-state index is 9.98. The van der Waals surface area contributed by atoms with Crippen molar-refractivity contribution in [1.29, 1.82) is 0 Å². The van der Waals surface area contributed by atoms with Gasteiger partial charge >= 0.3 is 0 Å². The van der Waals surface area contributed by atoms with Gasteiger partial charge in [0.1, 0.15) is 61.0 Å². The highest BCUT2D eigenvalue weighted by Crippen LogP contribution is 2.25. The van der Waals surface area contributed by atoms with Gasteiger partial charge < -0.3 is 55.8 Å². The van der Waals surface area contributed by atoms with E-state index in [1.165, 1.54) is 0 Å². The van der Waals surface area contributed by atoms with Crippen molar-refractivity contribution in [2.45, 2.75) is 61.0 Å². The molecule has 0 aliphatic carbocycles. The quantitative estimate of drug-likeness (QED) is 0.210. The van der Waals surface area contributed by atoms with E-state index in [1.54, 1.807) is 0 Å². The number of aliphatic hydroxyl groups excluding tert-OH is 10. The molecule has 11 heteroatoms. The van der Waals surface area contributed by atoms with Crippen LogP contribution in [0.2, 0.25) is 0 Å². The summed E-state index contributed by atoms with van der Waals surface area (Å²) in [7, 11) is 0. The van der Waals surface area contributed by atoms with E-state index < -0.39 is 74.3 Å². The molecule has 2 unspecified atom stereocenters. The van der Waals surface area contributed by atoms with Crippen molar-refractivity contribution in [3.8, 4) is 0 Å². The number of ether oxygens (including phenoxy) is 1. The van der Waals surface area contributed by atoms with E-state index in [0.29, 0.717) is 0 Å². The predicted molar refractivity (Wildman–Crippen MR) is 70.9 cm³/mol. The predicted octanol–water partition coefficient (Wildman–Crippen LogP) is -6.37. The molecule has 10 atom stereocenters.